The van der Waals surface area contributed by atoms with Gasteiger partial charge < -0.3 is 9.47 Å². The third-order valence-corrected chi connectivity index (χ3v) is 3.68. The van der Waals surface area contributed by atoms with Crippen molar-refractivity contribution in [1.29, 1.82) is 0 Å². The smallest absolute Gasteiger partial charge is 0.259 e. The lowest BCUT2D eigenvalue weighted by molar-refractivity contribution is 0.0923. The zero-order chi connectivity index (χ0) is 12.1. The molecule has 2 aliphatic heterocycles. The largest absolute Gasteiger partial charge is 0.454 e. The molecule has 0 atom stereocenters. The quantitative estimate of drug-likeness (QED) is 0.773. The molecule has 0 radical (unpaired) electrons. The second kappa shape index (κ2) is 3.49. The monoisotopic (exact) mass is 261 g/mol. The highest BCUT2D eigenvalue weighted by Crippen LogP contribution is 2.36. The van der Waals surface area contributed by atoms with Gasteiger partial charge in [0.25, 0.3) is 5.91 Å². The van der Waals surface area contributed by atoms with Gasteiger partial charge in [0.1, 0.15) is 0 Å². The Morgan fingerprint density at radius 1 is 1.28 bits per heavy atom. The Morgan fingerprint density at radius 3 is 3.06 bits per heavy atom. The molecule has 0 spiro atoms. The van der Waals surface area contributed by atoms with E-state index < -0.39 is 0 Å². The summed E-state index contributed by atoms with van der Waals surface area (Å²) in [6, 6.07) is 5.50. The molecule has 0 fully saturated rings. The van der Waals surface area contributed by atoms with Gasteiger partial charge in [0, 0.05) is 5.56 Å². The lowest BCUT2D eigenvalue weighted by Gasteiger charge is -1.98. The summed E-state index contributed by atoms with van der Waals surface area (Å²) < 4.78 is 11.9. The third-order valence-electron chi connectivity index (χ3n) is 2.77. The molecule has 18 heavy (non-hydrogen) atoms. The first-order valence-corrected chi connectivity index (χ1v) is 6.33. The number of thioether (sulfide) groups is 1. The minimum atomic E-state index is -0.0329. The number of ether oxygens (including phenoxy) is 2. The van der Waals surface area contributed by atoms with Gasteiger partial charge in [-0.15, -0.1) is 5.10 Å². The molecule has 0 aliphatic carbocycles. The van der Waals surface area contributed by atoms with Gasteiger partial charge >= 0.3 is 0 Å². The number of nitrogens with zero attached hydrogens (tertiary/aromatic N) is 3. The van der Waals surface area contributed by atoms with Gasteiger partial charge in [-0.25, -0.2) is 4.98 Å². The van der Waals surface area contributed by atoms with Crippen molar-refractivity contribution in [3.8, 4) is 22.9 Å². The Kier molecular flexibility index (Phi) is 1.93. The SMILES string of the molecule is O=C1CSc2nc(-c3ccc4c(c3)OCO4)nn21. The molecule has 0 saturated heterocycles. The average molecular weight is 261 g/mol. The van der Waals surface area contributed by atoms with Gasteiger partial charge in [0.15, 0.2) is 22.5 Å². The molecule has 3 heterocycles. The van der Waals surface area contributed by atoms with E-state index in [0.717, 1.165) is 11.3 Å². The molecular formula is C11H7N3O3S. The van der Waals surface area contributed by atoms with E-state index in [-0.39, 0.29) is 12.7 Å². The maximum atomic E-state index is 11.5. The van der Waals surface area contributed by atoms with Crippen LogP contribution in [0.15, 0.2) is 23.4 Å². The molecule has 0 N–H and O–H groups in total. The van der Waals surface area contributed by atoms with Crippen LogP contribution >= 0.6 is 11.8 Å². The fourth-order valence-electron chi connectivity index (χ4n) is 1.90. The van der Waals surface area contributed by atoms with Crippen LogP contribution in [0.1, 0.15) is 4.79 Å². The van der Waals surface area contributed by atoms with E-state index in [9.17, 15) is 4.79 Å². The van der Waals surface area contributed by atoms with Crippen molar-refractivity contribution in [3.63, 3.8) is 0 Å². The predicted octanol–water partition coefficient (Wildman–Crippen LogP) is 1.42. The van der Waals surface area contributed by atoms with Gasteiger partial charge in [0.2, 0.25) is 6.79 Å². The molecule has 0 amide bonds. The Labute approximate surface area is 106 Å². The van der Waals surface area contributed by atoms with Crippen LogP contribution in [0.2, 0.25) is 0 Å². The first-order chi connectivity index (χ1) is 8.81. The number of hydrogen-bond donors (Lipinski definition) is 0. The number of hydrogen-bond acceptors (Lipinski definition) is 6. The molecule has 1 aromatic heterocycles. The van der Waals surface area contributed by atoms with Crippen LogP contribution in [0.3, 0.4) is 0 Å². The fraction of sp³-hybridized carbons (Fsp3) is 0.182. The molecule has 7 heteroatoms. The molecular weight excluding hydrogens is 254 g/mol. The first-order valence-electron chi connectivity index (χ1n) is 5.34. The fourth-order valence-corrected chi connectivity index (χ4v) is 2.69. The van der Waals surface area contributed by atoms with Crippen LogP contribution in [0, 0.1) is 0 Å². The summed E-state index contributed by atoms with van der Waals surface area (Å²) in [5.41, 5.74) is 0.814. The number of benzene rings is 1. The van der Waals surface area contributed by atoms with Gasteiger partial charge in [-0.2, -0.15) is 4.68 Å². The maximum absolute atomic E-state index is 11.5. The Hall–Kier alpha value is -2.02. The second-order valence-electron chi connectivity index (χ2n) is 3.88. The lowest BCUT2D eigenvalue weighted by atomic mass is 10.2. The van der Waals surface area contributed by atoms with E-state index in [1.54, 1.807) is 0 Å². The van der Waals surface area contributed by atoms with E-state index >= 15 is 0 Å². The summed E-state index contributed by atoms with van der Waals surface area (Å²) in [6.07, 6.45) is 0. The lowest BCUT2D eigenvalue weighted by Crippen LogP contribution is -2.08. The third kappa shape index (κ3) is 1.34. The highest BCUT2D eigenvalue weighted by Gasteiger charge is 2.25. The Morgan fingerprint density at radius 2 is 2.17 bits per heavy atom. The van der Waals surface area contributed by atoms with Crippen molar-refractivity contribution in [1.82, 2.24) is 14.8 Å². The van der Waals surface area contributed by atoms with Crippen molar-refractivity contribution >= 4 is 17.7 Å². The van der Waals surface area contributed by atoms with Crippen molar-refractivity contribution in [2.75, 3.05) is 12.5 Å². The first kappa shape index (κ1) is 9.95. The van der Waals surface area contributed by atoms with Gasteiger partial charge in [-0.1, -0.05) is 11.8 Å². The van der Waals surface area contributed by atoms with Crippen molar-refractivity contribution in [3.05, 3.63) is 18.2 Å². The Bertz CT molecular complexity index is 668. The number of rotatable bonds is 1. The summed E-state index contributed by atoms with van der Waals surface area (Å²) >= 11 is 1.40. The van der Waals surface area contributed by atoms with Crippen LogP contribution in [-0.2, 0) is 0 Å². The molecule has 2 aliphatic rings. The van der Waals surface area contributed by atoms with Crippen molar-refractivity contribution in [2.45, 2.75) is 5.16 Å². The summed E-state index contributed by atoms with van der Waals surface area (Å²) in [5.74, 6) is 2.31. The number of carbonyl (C=O) groups is 1. The molecule has 0 unspecified atom stereocenters. The van der Waals surface area contributed by atoms with Crippen LogP contribution in [0.25, 0.3) is 11.4 Å². The molecule has 2 aromatic rings. The molecule has 4 rings (SSSR count). The number of aromatic nitrogens is 3. The van der Waals surface area contributed by atoms with Gasteiger partial charge in [-0.05, 0) is 18.2 Å². The Balaban J connectivity index is 1.79. The number of fused-ring (bicyclic) bond motifs is 2. The van der Waals surface area contributed by atoms with E-state index in [0.29, 0.717) is 22.5 Å². The maximum Gasteiger partial charge on any atom is 0.259 e. The van der Waals surface area contributed by atoms with Crippen molar-refractivity contribution < 1.29 is 14.3 Å². The summed E-state index contributed by atoms with van der Waals surface area (Å²) in [4.78, 5) is 15.8. The molecule has 0 saturated carbocycles. The van der Waals surface area contributed by atoms with Crippen LogP contribution in [-0.4, -0.2) is 33.2 Å². The van der Waals surface area contributed by atoms with Gasteiger partial charge in [0.05, 0.1) is 5.75 Å². The van der Waals surface area contributed by atoms with E-state index in [1.165, 1.54) is 16.4 Å². The predicted molar refractivity (Wildman–Crippen MR) is 62.9 cm³/mol. The molecule has 90 valence electrons. The minimum Gasteiger partial charge on any atom is -0.454 e. The van der Waals surface area contributed by atoms with E-state index in [2.05, 4.69) is 10.1 Å². The van der Waals surface area contributed by atoms with E-state index in [1.807, 2.05) is 18.2 Å². The summed E-state index contributed by atoms with van der Waals surface area (Å²) in [7, 11) is 0. The second-order valence-corrected chi connectivity index (χ2v) is 4.82. The summed E-state index contributed by atoms with van der Waals surface area (Å²) in [6.45, 7) is 0.236. The molecule has 0 bridgehead atoms. The van der Waals surface area contributed by atoms with Gasteiger partial charge in [-0.3, -0.25) is 4.79 Å². The van der Waals surface area contributed by atoms with E-state index in [4.69, 9.17) is 9.47 Å². The molecule has 1 aromatic carbocycles. The zero-order valence-corrected chi connectivity index (χ0v) is 9.94. The van der Waals surface area contributed by atoms with Crippen molar-refractivity contribution in [2.24, 2.45) is 0 Å². The van der Waals surface area contributed by atoms with Crippen LogP contribution < -0.4 is 9.47 Å². The topological polar surface area (TPSA) is 66.2 Å². The number of carbonyl (C=O) groups excluding carboxylic acids is 1. The molecule has 6 nitrogen and oxygen atoms in total. The minimum absolute atomic E-state index is 0.0329. The van der Waals surface area contributed by atoms with Crippen LogP contribution in [0.4, 0.5) is 0 Å². The van der Waals surface area contributed by atoms with Crippen LogP contribution in [0.5, 0.6) is 11.5 Å². The highest BCUT2D eigenvalue weighted by molar-refractivity contribution is 8.00. The zero-order valence-electron chi connectivity index (χ0n) is 9.12. The highest BCUT2D eigenvalue weighted by atomic mass is 32.2. The standard InChI is InChI=1S/C11H7N3O3S/c15-9-4-18-11-12-10(13-14(9)11)6-1-2-7-8(3-6)17-5-16-7/h1-3H,4-5H2. The summed E-state index contributed by atoms with van der Waals surface area (Å²) in [5, 5.41) is 4.85. The average Bonchev–Trinajstić information content (AvgIpc) is 3.05. The normalized spacial score (nSPS) is 16.1.